The van der Waals surface area contributed by atoms with E-state index in [9.17, 15) is 0 Å². The normalized spacial score (nSPS) is 10.9. The summed E-state index contributed by atoms with van der Waals surface area (Å²) in [5.41, 5.74) is 6.72. The van der Waals surface area contributed by atoms with Crippen molar-refractivity contribution in [2.45, 2.75) is 30.7 Å². The Balaban J connectivity index is 1.95. The number of rotatable bonds is 5. The van der Waals surface area contributed by atoms with Gasteiger partial charge in [0.1, 0.15) is 0 Å². The summed E-state index contributed by atoms with van der Waals surface area (Å²) in [6.45, 7) is 2.16. The summed E-state index contributed by atoms with van der Waals surface area (Å²) in [6, 6.07) is 0. The van der Waals surface area contributed by atoms with Crippen LogP contribution in [0.5, 0.6) is 0 Å². The molecule has 5 nitrogen and oxygen atoms in total. The van der Waals surface area contributed by atoms with E-state index in [4.69, 9.17) is 5.73 Å². The molecule has 0 spiro atoms. The number of hydrogen-bond acceptors (Lipinski definition) is 6. The molecular formula is C10H15N5S2. The number of nitrogen functional groups attached to an aromatic ring is 1. The van der Waals surface area contributed by atoms with Crippen LogP contribution in [0.2, 0.25) is 0 Å². The molecule has 0 bridgehead atoms. The molecule has 0 saturated heterocycles. The first kappa shape index (κ1) is 12.4. The second-order valence-corrected chi connectivity index (χ2v) is 5.56. The summed E-state index contributed by atoms with van der Waals surface area (Å²) < 4.78 is 1.78. The number of hydrogen-bond donors (Lipinski definition) is 1. The van der Waals surface area contributed by atoms with E-state index in [1.807, 2.05) is 7.05 Å². The molecule has 2 N–H and O–H groups in total. The van der Waals surface area contributed by atoms with E-state index in [2.05, 4.69) is 27.5 Å². The Bertz CT molecular complexity index is 491. The van der Waals surface area contributed by atoms with E-state index in [1.54, 1.807) is 27.7 Å². The Labute approximate surface area is 108 Å². The van der Waals surface area contributed by atoms with Gasteiger partial charge in [-0.3, -0.25) is 4.57 Å². The molecule has 0 saturated carbocycles. The summed E-state index contributed by atoms with van der Waals surface area (Å²) in [5.74, 6) is 1.25. The molecule has 7 heteroatoms. The molecule has 0 aliphatic rings. The minimum Gasteiger partial charge on any atom is -0.368 e. The predicted octanol–water partition coefficient (Wildman–Crippen LogP) is 2.10. The molecule has 0 aromatic carbocycles. The standard InChI is InChI=1S/C10H15N5S2/c1-3-4-8-12-7(5-16-8)6-17-10-14-13-9(11)15(10)2/h5H,3-4,6H2,1-2H3,(H2,11,13). The van der Waals surface area contributed by atoms with Crippen LogP contribution in [0.15, 0.2) is 10.5 Å². The van der Waals surface area contributed by atoms with Crippen LogP contribution in [-0.2, 0) is 19.2 Å². The van der Waals surface area contributed by atoms with E-state index < -0.39 is 0 Å². The molecule has 92 valence electrons. The average Bonchev–Trinajstić information content (AvgIpc) is 2.87. The number of thioether (sulfide) groups is 1. The Morgan fingerprint density at radius 3 is 2.94 bits per heavy atom. The highest BCUT2D eigenvalue weighted by atomic mass is 32.2. The molecule has 17 heavy (non-hydrogen) atoms. The average molecular weight is 269 g/mol. The van der Waals surface area contributed by atoms with Gasteiger partial charge < -0.3 is 5.73 Å². The molecule has 0 radical (unpaired) electrons. The van der Waals surface area contributed by atoms with Gasteiger partial charge in [0, 0.05) is 18.2 Å². The molecule has 0 fully saturated rings. The Morgan fingerprint density at radius 1 is 1.47 bits per heavy atom. The molecule has 0 aliphatic heterocycles. The zero-order valence-corrected chi connectivity index (χ0v) is 11.5. The number of nitrogens with zero attached hydrogens (tertiary/aromatic N) is 4. The van der Waals surface area contributed by atoms with E-state index in [0.717, 1.165) is 29.4 Å². The Hall–Kier alpha value is -1.08. The second-order valence-electron chi connectivity index (χ2n) is 3.67. The molecule has 2 aromatic heterocycles. The lowest BCUT2D eigenvalue weighted by Gasteiger charge is -1.98. The summed E-state index contributed by atoms with van der Waals surface area (Å²) in [6.07, 6.45) is 2.20. The third-order valence-electron chi connectivity index (χ3n) is 2.28. The van der Waals surface area contributed by atoms with Crippen LogP contribution in [0.25, 0.3) is 0 Å². The van der Waals surface area contributed by atoms with Gasteiger partial charge in [0.05, 0.1) is 10.7 Å². The van der Waals surface area contributed by atoms with Crippen LogP contribution in [0.1, 0.15) is 24.0 Å². The zero-order valence-electron chi connectivity index (χ0n) is 9.88. The van der Waals surface area contributed by atoms with Crippen LogP contribution >= 0.6 is 23.1 Å². The summed E-state index contributed by atoms with van der Waals surface area (Å²) >= 11 is 3.33. The maximum atomic E-state index is 5.62. The smallest absolute Gasteiger partial charge is 0.222 e. The van der Waals surface area contributed by atoms with Crippen LogP contribution in [0.3, 0.4) is 0 Å². The van der Waals surface area contributed by atoms with Gasteiger partial charge in [-0.05, 0) is 12.8 Å². The van der Waals surface area contributed by atoms with Gasteiger partial charge in [0.15, 0.2) is 5.16 Å². The lowest BCUT2D eigenvalue weighted by Crippen LogP contribution is -1.98. The summed E-state index contributed by atoms with van der Waals surface area (Å²) in [7, 11) is 1.86. The fourth-order valence-corrected chi connectivity index (χ4v) is 3.15. The maximum Gasteiger partial charge on any atom is 0.222 e. The van der Waals surface area contributed by atoms with Crippen molar-refractivity contribution in [2.24, 2.45) is 7.05 Å². The highest BCUT2D eigenvalue weighted by molar-refractivity contribution is 7.98. The van der Waals surface area contributed by atoms with Crippen LogP contribution in [0, 0.1) is 0 Å². The first-order valence-corrected chi connectivity index (χ1v) is 7.28. The van der Waals surface area contributed by atoms with Gasteiger partial charge in [-0.1, -0.05) is 18.7 Å². The van der Waals surface area contributed by atoms with Crippen molar-refractivity contribution in [1.82, 2.24) is 19.7 Å². The maximum absolute atomic E-state index is 5.62. The minimum absolute atomic E-state index is 0.442. The minimum atomic E-state index is 0.442. The Kier molecular flexibility index (Phi) is 4.01. The Morgan fingerprint density at radius 2 is 2.29 bits per heavy atom. The van der Waals surface area contributed by atoms with Crippen molar-refractivity contribution >= 4 is 29.0 Å². The van der Waals surface area contributed by atoms with Crippen molar-refractivity contribution < 1.29 is 0 Å². The van der Waals surface area contributed by atoms with Crippen molar-refractivity contribution in [1.29, 1.82) is 0 Å². The fraction of sp³-hybridized carbons (Fsp3) is 0.500. The van der Waals surface area contributed by atoms with Crippen LogP contribution in [-0.4, -0.2) is 19.7 Å². The number of thiazole rings is 1. The molecule has 0 amide bonds. The molecule has 0 aliphatic carbocycles. The zero-order chi connectivity index (χ0) is 12.3. The van der Waals surface area contributed by atoms with Crippen molar-refractivity contribution in [3.05, 3.63) is 16.1 Å². The van der Waals surface area contributed by atoms with E-state index in [0.29, 0.717) is 5.95 Å². The van der Waals surface area contributed by atoms with Gasteiger partial charge in [-0.25, -0.2) is 4.98 Å². The molecule has 0 atom stereocenters. The van der Waals surface area contributed by atoms with Gasteiger partial charge in [0.25, 0.3) is 0 Å². The summed E-state index contributed by atoms with van der Waals surface area (Å²) in [5, 5.41) is 12.0. The topological polar surface area (TPSA) is 69.6 Å². The van der Waals surface area contributed by atoms with Gasteiger partial charge in [-0.2, -0.15) is 0 Å². The predicted molar refractivity (Wildman–Crippen MR) is 71.1 cm³/mol. The molecule has 2 aromatic rings. The molecule has 2 rings (SSSR count). The number of aryl methyl sites for hydroxylation is 1. The lowest BCUT2D eigenvalue weighted by atomic mass is 10.3. The first-order valence-electron chi connectivity index (χ1n) is 5.41. The van der Waals surface area contributed by atoms with Crippen molar-refractivity contribution in [3.63, 3.8) is 0 Å². The van der Waals surface area contributed by atoms with Crippen molar-refractivity contribution in [2.75, 3.05) is 5.73 Å². The van der Waals surface area contributed by atoms with Gasteiger partial charge in [0.2, 0.25) is 5.95 Å². The van der Waals surface area contributed by atoms with E-state index >= 15 is 0 Å². The third-order valence-corrected chi connectivity index (χ3v) is 4.29. The lowest BCUT2D eigenvalue weighted by molar-refractivity contribution is 0.795. The van der Waals surface area contributed by atoms with Gasteiger partial charge >= 0.3 is 0 Å². The number of aromatic nitrogens is 4. The molecule has 0 unspecified atom stereocenters. The SMILES string of the molecule is CCCc1nc(CSc2nnc(N)n2C)cs1. The van der Waals surface area contributed by atoms with Crippen molar-refractivity contribution in [3.8, 4) is 0 Å². The van der Waals surface area contributed by atoms with Crippen LogP contribution < -0.4 is 5.73 Å². The summed E-state index contributed by atoms with van der Waals surface area (Å²) in [4.78, 5) is 4.56. The highest BCUT2D eigenvalue weighted by Gasteiger charge is 2.08. The van der Waals surface area contributed by atoms with Gasteiger partial charge in [-0.15, -0.1) is 21.5 Å². The number of nitrogens with two attached hydrogens (primary N) is 1. The molecule has 2 heterocycles. The largest absolute Gasteiger partial charge is 0.368 e. The third kappa shape index (κ3) is 2.98. The molecular weight excluding hydrogens is 254 g/mol. The monoisotopic (exact) mass is 269 g/mol. The fourth-order valence-electron chi connectivity index (χ4n) is 1.33. The number of anilines is 1. The van der Waals surface area contributed by atoms with Crippen LogP contribution in [0.4, 0.5) is 5.95 Å². The quantitative estimate of drug-likeness (QED) is 0.842. The second kappa shape index (κ2) is 5.50. The van der Waals surface area contributed by atoms with E-state index in [-0.39, 0.29) is 0 Å². The highest BCUT2D eigenvalue weighted by Crippen LogP contribution is 2.22. The first-order chi connectivity index (χ1) is 8.20. The van der Waals surface area contributed by atoms with E-state index in [1.165, 1.54) is 5.01 Å².